The summed E-state index contributed by atoms with van der Waals surface area (Å²) in [5, 5.41) is 6.43. The topological polar surface area (TPSA) is 81.7 Å². The van der Waals surface area contributed by atoms with Crippen LogP contribution in [0.3, 0.4) is 0 Å². The predicted molar refractivity (Wildman–Crippen MR) is 77.6 cm³/mol. The van der Waals surface area contributed by atoms with Crippen molar-refractivity contribution in [3.63, 3.8) is 0 Å². The number of hydrogen-bond acceptors (Lipinski definition) is 5. The van der Waals surface area contributed by atoms with Gasteiger partial charge in [0.1, 0.15) is 16.5 Å². The lowest BCUT2D eigenvalue weighted by atomic mass is 10.1. The zero-order chi connectivity index (χ0) is 16.7. The molecular formula is C12H14ClF3N6. The number of halogens is 4. The van der Waals surface area contributed by atoms with E-state index in [0.29, 0.717) is 0 Å². The largest absolute Gasteiger partial charge is 0.422 e. The molecule has 2 heterocycles. The van der Waals surface area contributed by atoms with Gasteiger partial charge in [0, 0.05) is 13.1 Å². The van der Waals surface area contributed by atoms with Gasteiger partial charge in [-0.25, -0.2) is 4.98 Å². The number of anilines is 2. The van der Waals surface area contributed by atoms with Crippen LogP contribution in [0.2, 0.25) is 5.15 Å². The summed E-state index contributed by atoms with van der Waals surface area (Å²) in [5.74, 6) is -0.705. The molecule has 22 heavy (non-hydrogen) atoms. The molecule has 6 nitrogen and oxygen atoms in total. The summed E-state index contributed by atoms with van der Waals surface area (Å²) in [5.41, 5.74) is 4.12. The first-order chi connectivity index (χ1) is 10.2. The Labute approximate surface area is 129 Å². The molecule has 0 aliphatic rings. The number of hydrogen-bond donors (Lipinski definition) is 2. The van der Waals surface area contributed by atoms with Crippen LogP contribution in [0.25, 0.3) is 11.3 Å². The van der Waals surface area contributed by atoms with Crippen molar-refractivity contribution in [1.82, 2.24) is 19.7 Å². The Morgan fingerprint density at radius 2 is 1.95 bits per heavy atom. The third kappa shape index (κ3) is 2.80. The lowest BCUT2D eigenvalue weighted by Crippen LogP contribution is -2.15. The molecule has 0 bridgehead atoms. The van der Waals surface area contributed by atoms with Crippen LogP contribution in [0.4, 0.5) is 24.9 Å². The molecule has 0 fully saturated rings. The van der Waals surface area contributed by atoms with Gasteiger partial charge in [-0.2, -0.15) is 23.3 Å². The van der Waals surface area contributed by atoms with E-state index in [1.165, 1.54) is 17.9 Å². The van der Waals surface area contributed by atoms with E-state index in [4.69, 9.17) is 17.3 Å². The minimum atomic E-state index is -4.68. The van der Waals surface area contributed by atoms with Crippen LogP contribution in [0, 0.1) is 0 Å². The van der Waals surface area contributed by atoms with Crippen LogP contribution in [0.1, 0.15) is 25.5 Å². The highest BCUT2D eigenvalue weighted by Crippen LogP contribution is 2.42. The van der Waals surface area contributed by atoms with Crippen LogP contribution >= 0.6 is 11.6 Å². The number of alkyl halides is 3. The first kappa shape index (κ1) is 16.3. The number of nitrogens with zero attached hydrogens (tertiary/aromatic N) is 4. The van der Waals surface area contributed by atoms with Crippen molar-refractivity contribution in [3.05, 3.63) is 16.9 Å². The molecule has 2 aromatic rings. The number of nitrogens with two attached hydrogens (primary N) is 1. The molecule has 0 amide bonds. The van der Waals surface area contributed by atoms with Gasteiger partial charge in [-0.1, -0.05) is 11.6 Å². The van der Waals surface area contributed by atoms with E-state index < -0.39 is 23.3 Å². The Morgan fingerprint density at radius 3 is 2.41 bits per heavy atom. The average Bonchev–Trinajstić information content (AvgIpc) is 2.78. The van der Waals surface area contributed by atoms with Gasteiger partial charge in [-0.3, -0.25) is 4.68 Å². The monoisotopic (exact) mass is 334 g/mol. The summed E-state index contributed by atoms with van der Waals surface area (Å²) in [6.07, 6.45) is -3.44. The third-order valence-electron chi connectivity index (χ3n) is 2.93. The Kier molecular flexibility index (Phi) is 4.19. The Morgan fingerprint density at radius 1 is 1.32 bits per heavy atom. The maximum atomic E-state index is 13.4. The molecule has 0 saturated carbocycles. The van der Waals surface area contributed by atoms with E-state index in [0.717, 1.165) is 0 Å². The van der Waals surface area contributed by atoms with Crippen LogP contribution in [-0.2, 0) is 6.18 Å². The van der Waals surface area contributed by atoms with Gasteiger partial charge in [0.15, 0.2) is 0 Å². The molecule has 0 aliphatic carbocycles. The minimum Gasteiger partial charge on any atom is -0.372 e. The summed E-state index contributed by atoms with van der Waals surface area (Å²) in [6.45, 7) is 3.61. The molecule has 0 aliphatic heterocycles. The van der Waals surface area contributed by atoms with Crippen molar-refractivity contribution < 1.29 is 13.2 Å². The fraction of sp³-hybridized carbons (Fsp3) is 0.417. The molecule has 120 valence electrons. The Bertz CT molecular complexity index is 695. The normalized spacial score (nSPS) is 12.0. The Hall–Kier alpha value is -2.03. The van der Waals surface area contributed by atoms with Crippen LogP contribution in [0.5, 0.6) is 0 Å². The molecule has 0 saturated heterocycles. The molecule has 0 radical (unpaired) electrons. The average molecular weight is 335 g/mol. The van der Waals surface area contributed by atoms with Gasteiger partial charge in [0.05, 0.1) is 17.5 Å². The lowest BCUT2D eigenvalue weighted by Gasteiger charge is -2.16. The zero-order valence-corrected chi connectivity index (χ0v) is 12.8. The quantitative estimate of drug-likeness (QED) is 0.900. The van der Waals surface area contributed by atoms with Crippen LogP contribution in [-0.4, -0.2) is 26.8 Å². The highest BCUT2D eigenvalue weighted by molar-refractivity contribution is 6.32. The highest BCUT2D eigenvalue weighted by Gasteiger charge is 2.39. The molecule has 0 aromatic carbocycles. The maximum Gasteiger partial charge on any atom is 0.422 e. The highest BCUT2D eigenvalue weighted by atomic mass is 35.5. The maximum absolute atomic E-state index is 13.4. The summed E-state index contributed by atoms with van der Waals surface area (Å²) in [4.78, 5) is 7.30. The fourth-order valence-electron chi connectivity index (χ4n) is 1.99. The second kappa shape index (κ2) is 5.64. The molecule has 0 unspecified atom stereocenters. The Balaban J connectivity index is 2.77. The van der Waals surface area contributed by atoms with Crippen LogP contribution in [0.15, 0.2) is 6.20 Å². The molecular weight excluding hydrogens is 321 g/mol. The van der Waals surface area contributed by atoms with Gasteiger partial charge in [0.2, 0.25) is 5.95 Å². The molecule has 2 rings (SSSR count). The third-order valence-corrected chi connectivity index (χ3v) is 3.30. The van der Waals surface area contributed by atoms with Gasteiger partial charge < -0.3 is 11.1 Å². The van der Waals surface area contributed by atoms with E-state index in [2.05, 4.69) is 20.4 Å². The van der Waals surface area contributed by atoms with E-state index >= 15 is 0 Å². The summed E-state index contributed by atoms with van der Waals surface area (Å²) in [7, 11) is 1.32. The van der Waals surface area contributed by atoms with Gasteiger partial charge in [-0.05, 0) is 13.8 Å². The molecule has 3 N–H and O–H groups in total. The lowest BCUT2D eigenvalue weighted by molar-refractivity contribution is -0.136. The number of rotatable bonds is 3. The molecule has 0 spiro atoms. The van der Waals surface area contributed by atoms with E-state index in [1.807, 2.05) is 0 Å². The summed E-state index contributed by atoms with van der Waals surface area (Å²) in [6, 6.07) is -0.112. The first-order valence-electron chi connectivity index (χ1n) is 6.32. The van der Waals surface area contributed by atoms with Gasteiger partial charge in [0.25, 0.3) is 0 Å². The number of nitrogens with one attached hydrogen (secondary N) is 1. The van der Waals surface area contributed by atoms with Crippen molar-refractivity contribution in [2.45, 2.75) is 26.1 Å². The molecule has 0 atom stereocenters. The smallest absolute Gasteiger partial charge is 0.372 e. The number of aromatic nitrogens is 4. The second-order valence-corrected chi connectivity index (χ2v) is 5.15. The van der Waals surface area contributed by atoms with E-state index in [-0.39, 0.29) is 22.7 Å². The van der Waals surface area contributed by atoms with E-state index in [1.54, 1.807) is 13.8 Å². The number of nitrogen functional groups attached to an aromatic ring is 1. The first-order valence-corrected chi connectivity index (χ1v) is 6.70. The zero-order valence-electron chi connectivity index (χ0n) is 12.0. The standard InChI is InChI=1S/C12H14ClF3N6/c1-5(2)22-9(13)6(4-19-22)8-7(12(14,15)16)10(18-3)21-11(17)20-8/h4-5H,1-3H3,(H3,17,18,20,21). The van der Waals surface area contributed by atoms with Crippen molar-refractivity contribution >= 4 is 23.4 Å². The predicted octanol–water partition coefficient (Wildman–Crippen LogP) is 3.22. The summed E-state index contributed by atoms with van der Waals surface area (Å²) < 4.78 is 41.5. The van der Waals surface area contributed by atoms with Crippen LogP contribution < -0.4 is 11.1 Å². The summed E-state index contributed by atoms with van der Waals surface area (Å²) >= 11 is 6.14. The van der Waals surface area contributed by atoms with Crippen molar-refractivity contribution in [2.75, 3.05) is 18.1 Å². The van der Waals surface area contributed by atoms with Gasteiger partial charge in [-0.15, -0.1) is 0 Å². The minimum absolute atomic E-state index is 0.0493. The van der Waals surface area contributed by atoms with Gasteiger partial charge >= 0.3 is 6.18 Å². The van der Waals surface area contributed by atoms with Crippen molar-refractivity contribution in [3.8, 4) is 11.3 Å². The molecule has 2 aromatic heterocycles. The van der Waals surface area contributed by atoms with E-state index in [9.17, 15) is 13.2 Å². The van der Waals surface area contributed by atoms with Crippen molar-refractivity contribution in [2.24, 2.45) is 0 Å². The SMILES string of the molecule is CNc1nc(N)nc(-c2cnn(C(C)C)c2Cl)c1C(F)(F)F. The van der Waals surface area contributed by atoms with Crippen molar-refractivity contribution in [1.29, 1.82) is 0 Å². The second-order valence-electron chi connectivity index (χ2n) is 4.79. The molecule has 10 heteroatoms. The fourth-order valence-corrected chi connectivity index (χ4v) is 2.37.